The van der Waals surface area contributed by atoms with Crippen LogP contribution in [0.25, 0.3) is 11.4 Å². The maximum Gasteiger partial charge on any atom is 0.248 e. The molecular weight excluding hydrogens is 547 g/mol. The number of nitrogens with zero attached hydrogens (tertiary/aromatic N) is 5. The number of rotatable bonds is 9. The van der Waals surface area contributed by atoms with Crippen LogP contribution in [0.4, 0.5) is 4.39 Å². The number of fused-ring (bicyclic) bond motifs is 1. The summed E-state index contributed by atoms with van der Waals surface area (Å²) in [5.41, 5.74) is 0.958. The van der Waals surface area contributed by atoms with E-state index in [1.54, 1.807) is 24.3 Å². The number of carbonyl (C=O) groups is 2. The lowest BCUT2D eigenvalue weighted by molar-refractivity contribution is -0.142. The zero-order chi connectivity index (χ0) is 28.2. The fraction of sp³-hybridized carbons (Fsp3) is 0.345. The van der Waals surface area contributed by atoms with Gasteiger partial charge in [-0.15, -0.1) is 21.5 Å². The summed E-state index contributed by atoms with van der Waals surface area (Å²) in [4.78, 5) is 31.3. The van der Waals surface area contributed by atoms with Gasteiger partial charge in [0.1, 0.15) is 18.4 Å². The Morgan fingerprint density at radius 2 is 1.90 bits per heavy atom. The highest BCUT2D eigenvalue weighted by Crippen LogP contribution is 2.34. The summed E-state index contributed by atoms with van der Waals surface area (Å²) in [6.07, 6.45) is 5.13. The van der Waals surface area contributed by atoms with E-state index in [0.717, 1.165) is 47.3 Å². The number of hydrogen-bond acceptors (Lipinski definition) is 8. The first-order chi connectivity index (χ1) is 20.0. The number of aromatic nitrogens is 4. The molecule has 0 radical (unpaired) electrons. The van der Waals surface area contributed by atoms with Gasteiger partial charge in [-0.05, 0) is 59.3 Å². The lowest BCUT2D eigenvalue weighted by Crippen LogP contribution is -2.47. The molecule has 2 amide bonds. The van der Waals surface area contributed by atoms with E-state index in [9.17, 15) is 14.0 Å². The largest absolute Gasteiger partial charge is 0.454 e. The topological polar surface area (TPSA) is 111 Å². The molecule has 1 N–H and O–H groups in total. The molecule has 6 rings (SSSR count). The fourth-order valence-corrected chi connectivity index (χ4v) is 6.06. The van der Waals surface area contributed by atoms with Gasteiger partial charge in [0, 0.05) is 17.5 Å². The summed E-state index contributed by atoms with van der Waals surface area (Å²) in [6.45, 7) is -0.0268. The predicted molar refractivity (Wildman–Crippen MR) is 148 cm³/mol. The van der Waals surface area contributed by atoms with E-state index in [1.165, 1.54) is 22.3 Å². The first kappa shape index (κ1) is 26.9. The molecule has 0 spiro atoms. The highest BCUT2D eigenvalue weighted by molar-refractivity contribution is 7.10. The van der Waals surface area contributed by atoms with Crippen LogP contribution in [-0.4, -0.2) is 49.8 Å². The first-order valence-corrected chi connectivity index (χ1v) is 14.5. The minimum Gasteiger partial charge on any atom is -0.454 e. The Labute approximate surface area is 240 Å². The molecule has 1 fully saturated rings. The van der Waals surface area contributed by atoms with Gasteiger partial charge in [-0.2, -0.15) is 4.80 Å². The Balaban J connectivity index is 1.30. The number of halogens is 1. The summed E-state index contributed by atoms with van der Waals surface area (Å²) in [6, 6.07) is 14.5. The Morgan fingerprint density at radius 1 is 1.07 bits per heavy atom. The lowest BCUT2D eigenvalue weighted by Gasteiger charge is -2.32. The summed E-state index contributed by atoms with van der Waals surface area (Å²) < 4.78 is 25.3. The lowest BCUT2D eigenvalue weighted by atomic mass is 9.95. The van der Waals surface area contributed by atoms with Crippen LogP contribution in [0.15, 0.2) is 60.0 Å². The van der Waals surface area contributed by atoms with Crippen molar-refractivity contribution < 1.29 is 23.5 Å². The van der Waals surface area contributed by atoms with E-state index in [0.29, 0.717) is 11.5 Å². The number of nitrogens with one attached hydrogen (secondary N) is 1. The molecule has 0 saturated heterocycles. The third kappa shape index (κ3) is 6.07. The molecule has 0 unspecified atom stereocenters. The average Bonchev–Trinajstić information content (AvgIpc) is 3.76. The minimum atomic E-state index is -0.871. The molecule has 2 aromatic heterocycles. The molecule has 1 atom stereocenters. The zero-order valence-electron chi connectivity index (χ0n) is 22.2. The third-order valence-corrected chi connectivity index (χ3v) is 8.20. The first-order valence-electron chi connectivity index (χ1n) is 13.6. The van der Waals surface area contributed by atoms with Crippen molar-refractivity contribution in [3.63, 3.8) is 0 Å². The molecule has 1 aliphatic carbocycles. The second-order valence-corrected chi connectivity index (χ2v) is 11.1. The number of tetrazole rings is 1. The van der Waals surface area contributed by atoms with Crippen LogP contribution >= 0.6 is 11.3 Å². The van der Waals surface area contributed by atoms with Crippen molar-refractivity contribution in [2.75, 3.05) is 6.79 Å². The van der Waals surface area contributed by atoms with Gasteiger partial charge in [-0.3, -0.25) is 9.59 Å². The Hall–Kier alpha value is -4.32. The molecule has 3 heterocycles. The third-order valence-electron chi connectivity index (χ3n) is 7.28. The minimum absolute atomic E-state index is 0.0708. The van der Waals surface area contributed by atoms with Crippen molar-refractivity contribution in [3.05, 3.63) is 76.2 Å². The van der Waals surface area contributed by atoms with Crippen molar-refractivity contribution in [3.8, 4) is 22.9 Å². The molecular formula is C29H29FN6O4S. The maximum atomic E-state index is 14.3. The SMILES string of the molecule is O=C(NC1CCCCC1)[C@H](c1cccs1)N(Cc1ccc2c(c1)OCO2)C(=O)Cn1nnc(-c2ccccc2F)n1. The van der Waals surface area contributed by atoms with Gasteiger partial charge in [0.05, 0.1) is 5.56 Å². The van der Waals surface area contributed by atoms with Gasteiger partial charge in [-0.25, -0.2) is 4.39 Å². The van der Waals surface area contributed by atoms with E-state index in [-0.39, 0.29) is 43.2 Å². The summed E-state index contributed by atoms with van der Waals surface area (Å²) in [5.74, 6) is 0.179. The van der Waals surface area contributed by atoms with Crippen LogP contribution in [0.1, 0.15) is 48.6 Å². The van der Waals surface area contributed by atoms with Gasteiger partial charge in [0.2, 0.25) is 24.4 Å². The number of benzene rings is 2. The number of amides is 2. The van der Waals surface area contributed by atoms with Crippen LogP contribution in [0.3, 0.4) is 0 Å². The summed E-state index contributed by atoms with van der Waals surface area (Å²) in [5, 5.41) is 17.3. The van der Waals surface area contributed by atoms with Crippen LogP contribution < -0.4 is 14.8 Å². The second kappa shape index (κ2) is 12.0. The van der Waals surface area contributed by atoms with Gasteiger partial charge < -0.3 is 19.7 Å². The number of carbonyl (C=O) groups excluding carboxylic acids is 2. The van der Waals surface area contributed by atoms with Gasteiger partial charge >= 0.3 is 0 Å². The van der Waals surface area contributed by atoms with E-state index in [2.05, 4.69) is 20.7 Å². The van der Waals surface area contributed by atoms with Gasteiger partial charge in [-0.1, -0.05) is 43.5 Å². The molecule has 12 heteroatoms. The van der Waals surface area contributed by atoms with Crippen molar-refractivity contribution in [2.24, 2.45) is 0 Å². The molecule has 10 nitrogen and oxygen atoms in total. The molecule has 212 valence electrons. The van der Waals surface area contributed by atoms with Crippen molar-refractivity contribution in [1.82, 2.24) is 30.4 Å². The highest BCUT2D eigenvalue weighted by Gasteiger charge is 2.34. The Kier molecular flexibility index (Phi) is 7.90. The summed E-state index contributed by atoms with van der Waals surface area (Å²) in [7, 11) is 0. The monoisotopic (exact) mass is 576 g/mol. The van der Waals surface area contributed by atoms with E-state index in [1.807, 2.05) is 29.6 Å². The number of ether oxygens (including phenoxy) is 2. The molecule has 1 aliphatic heterocycles. The van der Waals surface area contributed by atoms with Crippen molar-refractivity contribution in [1.29, 1.82) is 0 Å². The van der Waals surface area contributed by atoms with Gasteiger partial charge in [0.15, 0.2) is 11.5 Å². The second-order valence-electron chi connectivity index (χ2n) is 10.1. The Bertz CT molecular complexity index is 1520. The molecule has 41 heavy (non-hydrogen) atoms. The van der Waals surface area contributed by atoms with E-state index >= 15 is 0 Å². The quantitative estimate of drug-likeness (QED) is 0.313. The molecule has 2 aromatic carbocycles. The van der Waals surface area contributed by atoms with Crippen LogP contribution in [0.2, 0.25) is 0 Å². The maximum absolute atomic E-state index is 14.3. The fourth-order valence-electron chi connectivity index (χ4n) is 5.23. The van der Waals surface area contributed by atoms with Crippen LogP contribution in [0, 0.1) is 5.82 Å². The highest BCUT2D eigenvalue weighted by atomic mass is 32.1. The van der Waals surface area contributed by atoms with Crippen molar-refractivity contribution >= 4 is 23.2 Å². The van der Waals surface area contributed by atoms with Crippen LogP contribution in [-0.2, 0) is 22.7 Å². The van der Waals surface area contributed by atoms with Gasteiger partial charge in [0.25, 0.3) is 0 Å². The Morgan fingerprint density at radius 3 is 2.71 bits per heavy atom. The molecule has 0 bridgehead atoms. The molecule has 1 saturated carbocycles. The smallest absolute Gasteiger partial charge is 0.248 e. The normalized spacial score (nSPS) is 15.4. The van der Waals surface area contributed by atoms with E-state index in [4.69, 9.17) is 9.47 Å². The number of thiophene rings is 1. The van der Waals surface area contributed by atoms with E-state index < -0.39 is 17.8 Å². The average molecular weight is 577 g/mol. The zero-order valence-corrected chi connectivity index (χ0v) is 23.1. The standard InChI is InChI=1S/C29H29FN6O4S/c30-22-10-5-4-9-21(22)28-32-34-36(33-28)17-26(37)35(16-19-12-13-23-24(15-19)40-18-39-23)27(25-11-6-14-41-25)29(38)31-20-7-2-1-3-8-20/h4-6,9-15,20,27H,1-3,7-8,16-18H2,(H,31,38)/t27-/m0/s1. The summed E-state index contributed by atoms with van der Waals surface area (Å²) >= 11 is 1.42. The molecule has 4 aromatic rings. The molecule has 2 aliphatic rings. The van der Waals surface area contributed by atoms with Crippen molar-refractivity contribution in [2.45, 2.75) is 57.3 Å². The predicted octanol–water partition coefficient (Wildman–Crippen LogP) is 4.49. The number of hydrogen-bond donors (Lipinski definition) is 1. The van der Waals surface area contributed by atoms with Crippen LogP contribution in [0.5, 0.6) is 11.5 Å².